The molecule has 2 aliphatic rings. The van der Waals surface area contributed by atoms with Gasteiger partial charge in [-0.2, -0.15) is 0 Å². The number of aromatic nitrogens is 1. The second-order valence-electron chi connectivity index (χ2n) is 8.42. The van der Waals surface area contributed by atoms with Gasteiger partial charge < -0.3 is 10.1 Å². The van der Waals surface area contributed by atoms with Gasteiger partial charge in [0.1, 0.15) is 17.4 Å². The van der Waals surface area contributed by atoms with Crippen LogP contribution in [0.4, 0.5) is 4.39 Å². The number of thiophene rings is 1. The molecule has 2 aliphatic heterocycles. The first-order chi connectivity index (χ1) is 15.9. The third-order valence-corrected chi connectivity index (χ3v) is 7.53. The molecule has 1 aromatic carbocycles. The summed E-state index contributed by atoms with van der Waals surface area (Å²) in [5, 5.41) is 3.90. The number of fused-ring (bicyclic) bond motifs is 1. The van der Waals surface area contributed by atoms with Crippen LogP contribution in [0.5, 0.6) is 5.75 Å². The molecule has 6 nitrogen and oxygen atoms in total. The Kier molecular flexibility index (Phi) is 6.07. The predicted octanol–water partition coefficient (Wildman–Crippen LogP) is 4.84. The van der Waals surface area contributed by atoms with Crippen LogP contribution in [0, 0.1) is 12.7 Å². The van der Waals surface area contributed by atoms with Crippen LogP contribution >= 0.6 is 22.9 Å². The number of imide groups is 1. The molecule has 0 aliphatic carbocycles. The molecule has 33 heavy (non-hydrogen) atoms. The number of hydrogen-bond donors (Lipinski definition) is 1. The number of likely N-dealkylation sites (tertiary alicyclic amines) is 1. The van der Waals surface area contributed by atoms with E-state index in [0.717, 1.165) is 53.3 Å². The van der Waals surface area contributed by atoms with Crippen molar-refractivity contribution in [2.45, 2.75) is 45.3 Å². The highest BCUT2D eigenvalue weighted by molar-refractivity contribution is 7.19. The standard InChI is InChI=1S/C24H23ClFN3O3S/c1-13-10-14(25)11-17(23(13)32-15-4-7-27-8-5-15)16-6-9-28-22-21(26)18(33-24(16)22)12-29-19(30)2-3-20(29)31/h6,9-11,15,27H,2-5,7-8,12H2,1H3. The van der Waals surface area contributed by atoms with E-state index in [0.29, 0.717) is 14.6 Å². The third-order valence-electron chi connectivity index (χ3n) is 6.14. The van der Waals surface area contributed by atoms with Crippen molar-refractivity contribution in [1.29, 1.82) is 0 Å². The van der Waals surface area contributed by atoms with Gasteiger partial charge in [0.2, 0.25) is 11.8 Å². The number of carbonyl (C=O) groups excluding carboxylic acids is 2. The van der Waals surface area contributed by atoms with E-state index >= 15 is 4.39 Å². The van der Waals surface area contributed by atoms with E-state index in [1.54, 1.807) is 6.20 Å². The second kappa shape index (κ2) is 9.00. The van der Waals surface area contributed by atoms with Crippen molar-refractivity contribution in [2.24, 2.45) is 0 Å². The highest BCUT2D eigenvalue weighted by atomic mass is 35.5. The summed E-state index contributed by atoms with van der Waals surface area (Å²) in [5.41, 5.74) is 2.68. The van der Waals surface area contributed by atoms with Crippen LogP contribution in [-0.2, 0) is 16.1 Å². The summed E-state index contributed by atoms with van der Waals surface area (Å²) in [5.74, 6) is -0.302. The lowest BCUT2D eigenvalue weighted by Crippen LogP contribution is -2.34. The van der Waals surface area contributed by atoms with Crippen LogP contribution in [0.3, 0.4) is 0 Å². The van der Waals surface area contributed by atoms with E-state index in [2.05, 4.69) is 10.3 Å². The number of hydrogen-bond acceptors (Lipinski definition) is 6. The van der Waals surface area contributed by atoms with Gasteiger partial charge in [-0.15, -0.1) is 11.3 Å². The van der Waals surface area contributed by atoms with E-state index in [9.17, 15) is 9.59 Å². The number of rotatable bonds is 5. The fourth-order valence-corrected chi connectivity index (χ4v) is 5.86. The molecule has 172 valence electrons. The van der Waals surface area contributed by atoms with Gasteiger partial charge in [0, 0.05) is 35.2 Å². The summed E-state index contributed by atoms with van der Waals surface area (Å²) < 4.78 is 22.4. The van der Waals surface area contributed by atoms with Crippen LogP contribution in [0.1, 0.15) is 36.1 Å². The zero-order valence-electron chi connectivity index (χ0n) is 18.1. The van der Waals surface area contributed by atoms with Gasteiger partial charge in [0.15, 0.2) is 5.82 Å². The number of halogens is 2. The second-order valence-corrected chi connectivity index (χ2v) is 9.96. The predicted molar refractivity (Wildman–Crippen MR) is 126 cm³/mol. The van der Waals surface area contributed by atoms with Crippen LogP contribution < -0.4 is 10.1 Å². The van der Waals surface area contributed by atoms with Gasteiger partial charge in [-0.1, -0.05) is 11.6 Å². The number of nitrogens with zero attached hydrogens (tertiary/aromatic N) is 2. The molecule has 5 rings (SSSR count). The lowest BCUT2D eigenvalue weighted by molar-refractivity contribution is -0.139. The first-order valence-electron chi connectivity index (χ1n) is 11.0. The van der Waals surface area contributed by atoms with Gasteiger partial charge in [-0.3, -0.25) is 19.5 Å². The average Bonchev–Trinajstić information content (AvgIpc) is 3.30. The number of benzene rings is 1. The maximum absolute atomic E-state index is 15.3. The molecule has 0 spiro atoms. The van der Waals surface area contributed by atoms with E-state index in [4.69, 9.17) is 16.3 Å². The van der Waals surface area contributed by atoms with Crippen molar-refractivity contribution in [1.82, 2.24) is 15.2 Å². The Bertz CT molecular complexity index is 1240. The van der Waals surface area contributed by atoms with Crippen molar-refractivity contribution in [3.63, 3.8) is 0 Å². The number of piperidine rings is 1. The summed E-state index contributed by atoms with van der Waals surface area (Å²) in [6.45, 7) is 3.69. The first-order valence-corrected chi connectivity index (χ1v) is 12.2. The number of aryl methyl sites for hydroxylation is 1. The number of nitrogens with one attached hydrogen (secondary N) is 1. The van der Waals surface area contributed by atoms with E-state index in [1.165, 1.54) is 11.3 Å². The first kappa shape index (κ1) is 22.3. The Morgan fingerprint density at radius 1 is 1.21 bits per heavy atom. The molecule has 2 amide bonds. The SMILES string of the molecule is Cc1cc(Cl)cc(-c2ccnc3c(F)c(CN4C(=O)CCC4=O)sc23)c1OC1CCNCC1. The van der Waals surface area contributed by atoms with Crippen molar-refractivity contribution in [3.8, 4) is 16.9 Å². The Balaban J connectivity index is 1.59. The molecule has 3 aromatic rings. The average molecular weight is 488 g/mol. The number of ether oxygens (including phenoxy) is 1. The smallest absolute Gasteiger partial charge is 0.230 e. The Hall–Kier alpha value is -2.55. The molecule has 2 saturated heterocycles. The van der Waals surface area contributed by atoms with E-state index in [-0.39, 0.29) is 42.8 Å². The summed E-state index contributed by atoms with van der Waals surface area (Å²) in [4.78, 5) is 29.8. The van der Waals surface area contributed by atoms with Crippen molar-refractivity contribution >= 4 is 45.0 Å². The number of amides is 2. The normalized spacial score (nSPS) is 17.4. The lowest BCUT2D eigenvalue weighted by atomic mass is 10.0. The highest BCUT2D eigenvalue weighted by Crippen LogP contribution is 2.43. The topological polar surface area (TPSA) is 71.5 Å². The van der Waals surface area contributed by atoms with E-state index in [1.807, 2.05) is 25.1 Å². The Morgan fingerprint density at radius 2 is 1.94 bits per heavy atom. The maximum Gasteiger partial charge on any atom is 0.230 e. The van der Waals surface area contributed by atoms with Crippen LogP contribution in [0.2, 0.25) is 5.02 Å². The van der Waals surface area contributed by atoms with Gasteiger partial charge in [-0.25, -0.2) is 4.39 Å². The molecule has 2 fully saturated rings. The van der Waals surface area contributed by atoms with Gasteiger partial charge >= 0.3 is 0 Å². The molecule has 4 heterocycles. The van der Waals surface area contributed by atoms with Gasteiger partial charge in [0.05, 0.1) is 16.1 Å². The zero-order chi connectivity index (χ0) is 23.1. The molecule has 0 atom stereocenters. The third kappa shape index (κ3) is 4.23. The summed E-state index contributed by atoms with van der Waals surface area (Å²) in [7, 11) is 0. The van der Waals surface area contributed by atoms with Gasteiger partial charge in [0.25, 0.3) is 0 Å². The Labute approximate surface area is 199 Å². The highest BCUT2D eigenvalue weighted by Gasteiger charge is 2.31. The molecular weight excluding hydrogens is 465 g/mol. The van der Waals surface area contributed by atoms with Crippen molar-refractivity contribution in [2.75, 3.05) is 13.1 Å². The zero-order valence-corrected chi connectivity index (χ0v) is 19.7. The number of carbonyl (C=O) groups is 2. The van der Waals surface area contributed by atoms with Gasteiger partial charge in [-0.05, 0) is 56.6 Å². The molecule has 0 bridgehead atoms. The van der Waals surface area contributed by atoms with Crippen LogP contribution in [0.15, 0.2) is 24.4 Å². The minimum Gasteiger partial charge on any atom is -0.489 e. The van der Waals surface area contributed by atoms with E-state index < -0.39 is 5.82 Å². The van der Waals surface area contributed by atoms with Crippen molar-refractivity contribution in [3.05, 3.63) is 45.7 Å². The molecule has 0 unspecified atom stereocenters. The number of pyridine rings is 1. The van der Waals surface area contributed by atoms with Crippen molar-refractivity contribution < 1.29 is 18.7 Å². The van der Waals surface area contributed by atoms with Crippen LogP contribution in [0.25, 0.3) is 21.3 Å². The quantitative estimate of drug-likeness (QED) is 0.521. The maximum atomic E-state index is 15.3. The minimum absolute atomic E-state index is 0.0724. The fourth-order valence-electron chi connectivity index (χ4n) is 4.43. The molecule has 1 N–H and O–H groups in total. The summed E-state index contributed by atoms with van der Waals surface area (Å²) in [6, 6.07) is 5.53. The van der Waals surface area contributed by atoms with Crippen LogP contribution in [-0.4, -0.2) is 40.9 Å². The molecule has 0 saturated carbocycles. The minimum atomic E-state index is -0.496. The fraction of sp³-hybridized carbons (Fsp3) is 0.375. The molecule has 0 radical (unpaired) electrons. The largest absolute Gasteiger partial charge is 0.489 e. The molecule has 2 aromatic heterocycles. The molecule has 9 heteroatoms. The monoisotopic (exact) mass is 487 g/mol. The Morgan fingerprint density at radius 3 is 2.67 bits per heavy atom. The summed E-state index contributed by atoms with van der Waals surface area (Å²) in [6.07, 6.45) is 3.81. The lowest BCUT2D eigenvalue weighted by Gasteiger charge is -2.26. The summed E-state index contributed by atoms with van der Waals surface area (Å²) >= 11 is 7.62. The molecular formula is C24H23ClFN3O3S.